The lowest BCUT2D eigenvalue weighted by atomic mass is 10.2. The first-order chi connectivity index (χ1) is 15.9. The summed E-state index contributed by atoms with van der Waals surface area (Å²) in [6.45, 7) is 3.25. The number of amides is 1. The highest BCUT2D eigenvalue weighted by atomic mass is 16.6. The van der Waals surface area contributed by atoms with Gasteiger partial charge in [0, 0.05) is 36.3 Å². The number of esters is 1. The van der Waals surface area contributed by atoms with Crippen LogP contribution in [0.1, 0.15) is 23.0 Å². The van der Waals surface area contributed by atoms with Gasteiger partial charge in [-0.15, -0.1) is 0 Å². The molecule has 0 radical (unpaired) electrons. The van der Waals surface area contributed by atoms with Crippen molar-refractivity contribution in [3.63, 3.8) is 0 Å². The van der Waals surface area contributed by atoms with Gasteiger partial charge in [-0.05, 0) is 43.3 Å². The fourth-order valence-electron chi connectivity index (χ4n) is 3.15. The lowest BCUT2D eigenvalue weighted by Crippen LogP contribution is -2.17. The van der Waals surface area contributed by atoms with E-state index < -0.39 is 11.9 Å². The van der Waals surface area contributed by atoms with E-state index in [-0.39, 0.29) is 17.2 Å². The zero-order valence-corrected chi connectivity index (χ0v) is 18.3. The van der Waals surface area contributed by atoms with Gasteiger partial charge >= 0.3 is 5.97 Å². The van der Waals surface area contributed by atoms with E-state index in [1.807, 2.05) is 37.3 Å². The molecule has 0 saturated heterocycles. The number of ether oxygens (including phenoxy) is 3. The average molecular weight is 443 g/mol. The number of rotatable bonds is 6. The predicted molar refractivity (Wildman–Crippen MR) is 123 cm³/mol. The Balaban J connectivity index is 1.55. The van der Waals surface area contributed by atoms with Gasteiger partial charge in [0.1, 0.15) is 5.75 Å². The fourth-order valence-corrected chi connectivity index (χ4v) is 3.15. The molecule has 33 heavy (non-hydrogen) atoms. The zero-order chi connectivity index (χ0) is 23.4. The van der Waals surface area contributed by atoms with E-state index in [1.54, 1.807) is 24.3 Å². The van der Waals surface area contributed by atoms with Crippen LogP contribution < -0.4 is 19.5 Å². The van der Waals surface area contributed by atoms with E-state index in [0.29, 0.717) is 22.8 Å². The van der Waals surface area contributed by atoms with Gasteiger partial charge in [0.15, 0.2) is 11.4 Å². The maximum Gasteiger partial charge on any atom is 0.308 e. The normalized spacial score (nSPS) is 10.5. The van der Waals surface area contributed by atoms with Gasteiger partial charge in [0.2, 0.25) is 11.6 Å². The van der Waals surface area contributed by atoms with Crippen molar-refractivity contribution >= 4 is 28.5 Å². The van der Waals surface area contributed by atoms with Gasteiger partial charge in [-0.1, -0.05) is 17.7 Å². The summed E-state index contributed by atoms with van der Waals surface area (Å²) in [5.41, 5.74) is 2.31. The Labute approximate surface area is 190 Å². The highest BCUT2D eigenvalue weighted by molar-refractivity contribution is 6.06. The molecule has 166 valence electrons. The molecule has 2 heterocycles. The number of benzene rings is 2. The van der Waals surface area contributed by atoms with Crippen molar-refractivity contribution < 1.29 is 23.8 Å². The molecule has 4 aromatic rings. The number of aryl methyl sites for hydroxylation is 1. The van der Waals surface area contributed by atoms with Gasteiger partial charge in [0.05, 0.1) is 12.6 Å². The standard InChI is InChI=1S/C25H21N3O5/c1-15-4-8-19(9-5-15)33-22-11-6-17-14-18(7-10-20(17)28-22)27-25(30)23-24(32-16(2)29)21(31-3)12-13-26-23/h4-14H,1-3H3,(H,27,30). The molecule has 0 fully saturated rings. The minimum absolute atomic E-state index is 0.0367. The van der Waals surface area contributed by atoms with Gasteiger partial charge in [-0.2, -0.15) is 0 Å². The zero-order valence-electron chi connectivity index (χ0n) is 18.3. The van der Waals surface area contributed by atoms with Gasteiger partial charge in [0.25, 0.3) is 5.91 Å². The van der Waals surface area contributed by atoms with Crippen molar-refractivity contribution in [2.24, 2.45) is 0 Å². The lowest BCUT2D eigenvalue weighted by Gasteiger charge is -2.12. The summed E-state index contributed by atoms with van der Waals surface area (Å²) >= 11 is 0. The number of methoxy groups -OCH3 is 1. The van der Waals surface area contributed by atoms with Crippen molar-refractivity contribution in [2.45, 2.75) is 13.8 Å². The van der Waals surface area contributed by atoms with E-state index in [0.717, 1.165) is 10.9 Å². The van der Waals surface area contributed by atoms with Crippen LogP contribution in [0.2, 0.25) is 0 Å². The number of anilines is 1. The topological polar surface area (TPSA) is 99.6 Å². The molecular formula is C25H21N3O5. The number of aromatic nitrogens is 2. The first-order valence-electron chi connectivity index (χ1n) is 10.1. The average Bonchev–Trinajstić information content (AvgIpc) is 2.80. The van der Waals surface area contributed by atoms with Crippen LogP contribution in [0.5, 0.6) is 23.1 Å². The number of carbonyl (C=O) groups excluding carboxylic acids is 2. The van der Waals surface area contributed by atoms with Crippen molar-refractivity contribution in [3.05, 3.63) is 78.1 Å². The molecule has 0 saturated carbocycles. The second-order valence-electron chi connectivity index (χ2n) is 7.21. The van der Waals surface area contributed by atoms with E-state index in [2.05, 4.69) is 15.3 Å². The van der Waals surface area contributed by atoms with Crippen LogP contribution in [0, 0.1) is 6.92 Å². The Bertz CT molecular complexity index is 1340. The molecule has 0 atom stereocenters. The highest BCUT2D eigenvalue weighted by Crippen LogP contribution is 2.31. The molecule has 8 heteroatoms. The Morgan fingerprint density at radius 2 is 1.76 bits per heavy atom. The molecule has 4 rings (SSSR count). The molecule has 0 bridgehead atoms. The lowest BCUT2D eigenvalue weighted by molar-refractivity contribution is -0.132. The first kappa shape index (κ1) is 21.8. The Morgan fingerprint density at radius 3 is 2.48 bits per heavy atom. The molecule has 2 aromatic carbocycles. The summed E-state index contributed by atoms with van der Waals surface area (Å²) in [6.07, 6.45) is 1.40. The number of fused-ring (bicyclic) bond motifs is 1. The van der Waals surface area contributed by atoms with Crippen LogP contribution in [-0.4, -0.2) is 29.0 Å². The molecule has 0 aliphatic carbocycles. The number of nitrogens with one attached hydrogen (secondary N) is 1. The number of pyridine rings is 2. The van der Waals surface area contributed by atoms with Crippen LogP contribution in [-0.2, 0) is 4.79 Å². The highest BCUT2D eigenvalue weighted by Gasteiger charge is 2.21. The van der Waals surface area contributed by atoms with E-state index in [1.165, 1.54) is 26.3 Å². The summed E-state index contributed by atoms with van der Waals surface area (Å²) in [5, 5.41) is 3.58. The van der Waals surface area contributed by atoms with Gasteiger partial charge in [-0.25, -0.2) is 9.97 Å². The van der Waals surface area contributed by atoms with E-state index in [4.69, 9.17) is 14.2 Å². The van der Waals surface area contributed by atoms with Crippen LogP contribution in [0.15, 0.2) is 66.9 Å². The minimum atomic E-state index is -0.587. The third-order valence-corrected chi connectivity index (χ3v) is 4.71. The smallest absolute Gasteiger partial charge is 0.308 e. The molecule has 2 aromatic heterocycles. The van der Waals surface area contributed by atoms with Crippen LogP contribution >= 0.6 is 0 Å². The predicted octanol–water partition coefficient (Wildman–Crippen LogP) is 4.92. The Morgan fingerprint density at radius 1 is 0.970 bits per heavy atom. The van der Waals surface area contributed by atoms with E-state index >= 15 is 0 Å². The van der Waals surface area contributed by atoms with Crippen LogP contribution in [0.25, 0.3) is 10.9 Å². The molecule has 8 nitrogen and oxygen atoms in total. The maximum atomic E-state index is 12.8. The van der Waals surface area contributed by atoms with Crippen LogP contribution in [0.3, 0.4) is 0 Å². The second kappa shape index (κ2) is 9.35. The van der Waals surface area contributed by atoms with Crippen molar-refractivity contribution in [1.82, 2.24) is 9.97 Å². The summed E-state index contributed by atoms with van der Waals surface area (Å²) in [4.78, 5) is 32.9. The molecule has 0 spiro atoms. The summed E-state index contributed by atoms with van der Waals surface area (Å²) < 4.78 is 16.2. The third-order valence-electron chi connectivity index (χ3n) is 4.71. The minimum Gasteiger partial charge on any atom is -0.493 e. The maximum absolute atomic E-state index is 12.8. The Kier molecular flexibility index (Phi) is 6.17. The quantitative estimate of drug-likeness (QED) is 0.422. The number of hydrogen-bond acceptors (Lipinski definition) is 7. The molecule has 0 aliphatic heterocycles. The number of nitrogens with zero attached hydrogens (tertiary/aromatic N) is 2. The SMILES string of the molecule is COc1ccnc(C(=O)Nc2ccc3nc(Oc4ccc(C)cc4)ccc3c2)c1OC(C)=O. The van der Waals surface area contributed by atoms with Crippen LogP contribution in [0.4, 0.5) is 5.69 Å². The van der Waals surface area contributed by atoms with Crippen molar-refractivity contribution in [3.8, 4) is 23.1 Å². The number of hydrogen-bond donors (Lipinski definition) is 1. The third kappa shape index (κ3) is 5.07. The summed E-state index contributed by atoms with van der Waals surface area (Å²) in [7, 11) is 1.41. The second-order valence-corrected chi connectivity index (χ2v) is 7.21. The van der Waals surface area contributed by atoms with Crippen molar-refractivity contribution in [1.29, 1.82) is 0 Å². The molecule has 1 N–H and O–H groups in total. The van der Waals surface area contributed by atoms with E-state index in [9.17, 15) is 9.59 Å². The molecule has 1 amide bonds. The molecule has 0 unspecified atom stereocenters. The fraction of sp³-hybridized carbons (Fsp3) is 0.120. The van der Waals surface area contributed by atoms with Crippen molar-refractivity contribution in [2.75, 3.05) is 12.4 Å². The summed E-state index contributed by atoms with van der Waals surface area (Å²) in [6, 6.07) is 18.1. The monoisotopic (exact) mass is 443 g/mol. The molecule has 0 aliphatic rings. The van der Waals surface area contributed by atoms with Gasteiger partial charge < -0.3 is 19.5 Å². The number of carbonyl (C=O) groups is 2. The largest absolute Gasteiger partial charge is 0.493 e. The molecular weight excluding hydrogens is 422 g/mol. The Hall–Kier alpha value is -4.46. The van der Waals surface area contributed by atoms with Gasteiger partial charge in [-0.3, -0.25) is 9.59 Å². The first-order valence-corrected chi connectivity index (χ1v) is 10.1. The summed E-state index contributed by atoms with van der Waals surface area (Å²) in [5.74, 6) is 0.229.